The van der Waals surface area contributed by atoms with Crippen molar-refractivity contribution in [1.82, 2.24) is 10.2 Å². The van der Waals surface area contributed by atoms with Gasteiger partial charge in [-0.05, 0) is 55.6 Å². The first-order valence-corrected chi connectivity index (χ1v) is 9.52. The van der Waals surface area contributed by atoms with E-state index in [0.717, 1.165) is 31.3 Å². The first kappa shape index (κ1) is 18.9. The Labute approximate surface area is 156 Å². The van der Waals surface area contributed by atoms with Crippen LogP contribution in [0.15, 0.2) is 54.6 Å². The van der Waals surface area contributed by atoms with E-state index in [1.165, 1.54) is 24.0 Å². The number of nitrogens with one attached hydrogen (secondary N) is 1. The van der Waals surface area contributed by atoms with Crippen LogP contribution in [0.3, 0.4) is 0 Å². The van der Waals surface area contributed by atoms with E-state index >= 15 is 0 Å². The first-order valence-electron chi connectivity index (χ1n) is 9.52. The minimum atomic E-state index is -0.511. The highest BCUT2D eigenvalue weighted by atomic mass is 16.5. The molecule has 1 fully saturated rings. The second-order valence-corrected chi connectivity index (χ2v) is 7.37. The Kier molecular flexibility index (Phi) is 7.06. The fraction of sp³-hybridized carbons (Fsp3) is 0.455. The van der Waals surface area contributed by atoms with Crippen molar-refractivity contribution in [2.45, 2.75) is 32.0 Å². The van der Waals surface area contributed by atoms with Gasteiger partial charge in [-0.1, -0.05) is 42.5 Å². The van der Waals surface area contributed by atoms with Crippen LogP contribution in [0.1, 0.15) is 24.0 Å². The molecule has 0 radical (unpaired) electrons. The van der Waals surface area contributed by atoms with Crippen LogP contribution in [0, 0.1) is 5.92 Å². The van der Waals surface area contributed by atoms with Crippen molar-refractivity contribution < 1.29 is 9.84 Å². The van der Waals surface area contributed by atoms with E-state index in [2.05, 4.69) is 34.5 Å². The van der Waals surface area contributed by atoms with E-state index in [-0.39, 0.29) is 0 Å². The zero-order valence-electron chi connectivity index (χ0n) is 15.6. The molecule has 2 N–H and O–H groups in total. The van der Waals surface area contributed by atoms with E-state index in [4.69, 9.17) is 4.74 Å². The number of benzene rings is 2. The second-order valence-electron chi connectivity index (χ2n) is 7.37. The summed E-state index contributed by atoms with van der Waals surface area (Å²) in [5.41, 5.74) is 2.51. The van der Waals surface area contributed by atoms with Crippen molar-refractivity contribution in [1.29, 1.82) is 0 Å². The van der Waals surface area contributed by atoms with Gasteiger partial charge in [-0.3, -0.25) is 4.90 Å². The summed E-state index contributed by atoms with van der Waals surface area (Å²) in [5.74, 6) is 1.71. The fourth-order valence-electron chi connectivity index (χ4n) is 3.01. The topological polar surface area (TPSA) is 44.7 Å². The lowest BCUT2D eigenvalue weighted by atomic mass is 10.2. The quantitative estimate of drug-likeness (QED) is 0.651. The van der Waals surface area contributed by atoms with Gasteiger partial charge in [0.2, 0.25) is 0 Å². The van der Waals surface area contributed by atoms with Crippen LogP contribution in [0.2, 0.25) is 0 Å². The van der Waals surface area contributed by atoms with Gasteiger partial charge in [-0.2, -0.15) is 0 Å². The maximum Gasteiger partial charge on any atom is 0.119 e. The molecule has 1 aliphatic rings. The lowest BCUT2D eigenvalue weighted by Crippen LogP contribution is -2.32. The molecule has 0 bridgehead atoms. The molecule has 4 nitrogen and oxygen atoms in total. The highest BCUT2D eigenvalue weighted by Gasteiger charge is 2.20. The average Bonchev–Trinajstić information content (AvgIpc) is 3.46. The monoisotopic (exact) mass is 354 g/mol. The normalized spacial score (nSPS) is 15.2. The zero-order chi connectivity index (χ0) is 18.2. The first-order chi connectivity index (χ1) is 12.7. The number of likely N-dealkylation sites (N-methyl/N-ethyl adjacent to an activating group) is 1. The van der Waals surface area contributed by atoms with Gasteiger partial charge >= 0.3 is 0 Å². The van der Waals surface area contributed by atoms with Crippen LogP contribution < -0.4 is 10.1 Å². The van der Waals surface area contributed by atoms with Gasteiger partial charge < -0.3 is 15.2 Å². The summed E-state index contributed by atoms with van der Waals surface area (Å²) in [4.78, 5) is 2.11. The van der Waals surface area contributed by atoms with Crippen LogP contribution in [0.4, 0.5) is 0 Å². The molecule has 2 aromatic carbocycles. The molecule has 1 aliphatic carbocycles. The molecule has 26 heavy (non-hydrogen) atoms. The van der Waals surface area contributed by atoms with Gasteiger partial charge in [0.15, 0.2) is 0 Å². The lowest BCUT2D eigenvalue weighted by Gasteiger charge is -2.21. The average molecular weight is 354 g/mol. The molecule has 0 aliphatic heterocycles. The number of aliphatic hydroxyl groups excluding tert-OH is 1. The largest absolute Gasteiger partial charge is 0.491 e. The van der Waals surface area contributed by atoms with Gasteiger partial charge in [0.25, 0.3) is 0 Å². The number of hydrogen-bond donors (Lipinski definition) is 2. The summed E-state index contributed by atoms with van der Waals surface area (Å²) in [7, 11) is 2.01. The molecule has 0 aromatic heterocycles. The molecule has 1 saturated carbocycles. The van der Waals surface area contributed by atoms with Gasteiger partial charge in [0.05, 0.1) is 0 Å². The molecular weight excluding hydrogens is 324 g/mol. The van der Waals surface area contributed by atoms with Gasteiger partial charge in [-0.25, -0.2) is 0 Å². The van der Waals surface area contributed by atoms with Crippen molar-refractivity contribution in [3.8, 4) is 5.75 Å². The van der Waals surface area contributed by atoms with Gasteiger partial charge in [-0.15, -0.1) is 0 Å². The smallest absolute Gasteiger partial charge is 0.119 e. The number of ether oxygens (including phenoxy) is 1. The minimum Gasteiger partial charge on any atom is -0.491 e. The Bertz CT molecular complexity index is 641. The number of rotatable bonds is 11. The standard InChI is InChI=1S/C22H30N2O2/c1-24(15-20-5-3-2-4-6-20)16-21(25)17-26-22-11-9-19(10-12-22)14-23-13-18-7-8-18/h2-6,9-12,18,21,23,25H,7-8,13-17H2,1H3/t21-/m0/s1. The molecule has 2 aromatic rings. The lowest BCUT2D eigenvalue weighted by molar-refractivity contribution is 0.0744. The van der Waals surface area contributed by atoms with Gasteiger partial charge in [0, 0.05) is 19.6 Å². The number of nitrogens with zero attached hydrogens (tertiary/aromatic N) is 1. The van der Waals surface area contributed by atoms with E-state index < -0.39 is 6.10 Å². The summed E-state index contributed by atoms with van der Waals surface area (Å²) >= 11 is 0. The molecular formula is C22H30N2O2. The molecule has 4 heteroatoms. The Balaban J connectivity index is 1.34. The third-order valence-corrected chi connectivity index (χ3v) is 4.64. The van der Waals surface area contributed by atoms with Crippen molar-refractivity contribution in [3.05, 3.63) is 65.7 Å². The molecule has 140 valence electrons. The third-order valence-electron chi connectivity index (χ3n) is 4.64. The molecule has 0 unspecified atom stereocenters. The highest BCUT2D eigenvalue weighted by molar-refractivity contribution is 5.27. The van der Waals surface area contributed by atoms with Gasteiger partial charge in [0.1, 0.15) is 18.5 Å². The van der Waals surface area contributed by atoms with Crippen LogP contribution in [0.25, 0.3) is 0 Å². The van der Waals surface area contributed by atoms with E-state index in [1.807, 2.05) is 37.4 Å². The Hall–Kier alpha value is -1.88. The molecule has 3 rings (SSSR count). The SMILES string of the molecule is CN(Cc1ccccc1)C[C@H](O)COc1ccc(CNCC2CC2)cc1. The van der Waals surface area contributed by atoms with Crippen molar-refractivity contribution in [2.24, 2.45) is 5.92 Å². The van der Waals surface area contributed by atoms with Crippen molar-refractivity contribution >= 4 is 0 Å². The fourth-order valence-corrected chi connectivity index (χ4v) is 3.01. The van der Waals surface area contributed by atoms with Crippen LogP contribution in [-0.4, -0.2) is 42.9 Å². The third kappa shape index (κ3) is 6.79. The Morgan fingerprint density at radius 1 is 1.08 bits per heavy atom. The van der Waals surface area contributed by atoms with E-state index in [0.29, 0.717) is 13.2 Å². The zero-order valence-corrected chi connectivity index (χ0v) is 15.6. The Morgan fingerprint density at radius 2 is 1.81 bits per heavy atom. The number of aliphatic hydroxyl groups is 1. The molecule has 0 heterocycles. The second kappa shape index (κ2) is 9.72. The number of hydrogen-bond acceptors (Lipinski definition) is 4. The maximum absolute atomic E-state index is 10.2. The predicted molar refractivity (Wildman–Crippen MR) is 105 cm³/mol. The summed E-state index contributed by atoms with van der Waals surface area (Å²) in [6, 6.07) is 18.4. The van der Waals surface area contributed by atoms with Crippen LogP contribution >= 0.6 is 0 Å². The molecule has 0 amide bonds. The maximum atomic E-state index is 10.2. The summed E-state index contributed by atoms with van der Waals surface area (Å²) in [5, 5.41) is 13.7. The summed E-state index contributed by atoms with van der Waals surface area (Å²) < 4.78 is 5.73. The molecule has 0 spiro atoms. The Morgan fingerprint density at radius 3 is 2.50 bits per heavy atom. The minimum absolute atomic E-state index is 0.304. The highest BCUT2D eigenvalue weighted by Crippen LogP contribution is 2.27. The predicted octanol–water partition coefficient (Wildman–Crippen LogP) is 3.06. The van der Waals surface area contributed by atoms with Crippen LogP contribution in [-0.2, 0) is 13.1 Å². The van der Waals surface area contributed by atoms with E-state index in [9.17, 15) is 5.11 Å². The van der Waals surface area contributed by atoms with E-state index in [1.54, 1.807) is 0 Å². The van der Waals surface area contributed by atoms with Crippen molar-refractivity contribution in [2.75, 3.05) is 26.7 Å². The molecule has 1 atom stereocenters. The van der Waals surface area contributed by atoms with Crippen molar-refractivity contribution in [3.63, 3.8) is 0 Å². The molecule has 0 saturated heterocycles. The summed E-state index contributed by atoms with van der Waals surface area (Å²) in [6.45, 7) is 3.74. The summed E-state index contributed by atoms with van der Waals surface area (Å²) in [6.07, 6.45) is 2.24. The van der Waals surface area contributed by atoms with Crippen LogP contribution in [0.5, 0.6) is 5.75 Å².